The lowest BCUT2D eigenvalue weighted by molar-refractivity contribution is -0.113. The molecule has 5 nitrogen and oxygen atoms in total. The van der Waals surface area contributed by atoms with Crippen LogP contribution in [0.1, 0.15) is 22.5 Å². The van der Waals surface area contributed by atoms with Gasteiger partial charge in [-0.2, -0.15) is 0 Å². The number of benzene rings is 2. The van der Waals surface area contributed by atoms with Crippen LogP contribution in [0.15, 0.2) is 52.1 Å². The molecule has 152 valence electrons. The van der Waals surface area contributed by atoms with E-state index < -0.39 is 0 Å². The Balaban J connectivity index is 1.47. The third-order valence-corrected chi connectivity index (χ3v) is 7.23. The van der Waals surface area contributed by atoms with Crippen LogP contribution in [0.5, 0.6) is 0 Å². The first-order chi connectivity index (χ1) is 13.9. The molecule has 0 spiro atoms. The molecular weight excluding hydrogens is 468 g/mol. The number of aryl methyl sites for hydroxylation is 2. The van der Waals surface area contributed by atoms with Gasteiger partial charge in [-0.05, 0) is 43.2 Å². The molecule has 1 amide bonds. The number of hydrogen-bond acceptors (Lipinski definition) is 5. The van der Waals surface area contributed by atoms with Gasteiger partial charge in [0.2, 0.25) is 5.91 Å². The van der Waals surface area contributed by atoms with Crippen LogP contribution in [0, 0.1) is 13.8 Å². The van der Waals surface area contributed by atoms with Gasteiger partial charge in [-0.15, -0.1) is 22.0 Å². The summed E-state index contributed by atoms with van der Waals surface area (Å²) in [5, 5.41) is 12.2. The second-order valence-electron chi connectivity index (χ2n) is 6.74. The first-order valence-corrected chi connectivity index (χ1v) is 12.1. The molecule has 0 aliphatic carbocycles. The van der Waals surface area contributed by atoms with Crippen molar-refractivity contribution in [2.75, 3.05) is 11.1 Å². The van der Waals surface area contributed by atoms with Crippen LogP contribution < -0.4 is 5.32 Å². The van der Waals surface area contributed by atoms with E-state index in [4.69, 9.17) is 0 Å². The molecule has 0 saturated carbocycles. The van der Waals surface area contributed by atoms with Gasteiger partial charge in [0.25, 0.3) is 0 Å². The van der Waals surface area contributed by atoms with Crippen molar-refractivity contribution in [3.8, 4) is 0 Å². The molecule has 3 rings (SSSR count). The van der Waals surface area contributed by atoms with Crippen molar-refractivity contribution in [2.24, 2.45) is 7.05 Å². The summed E-state index contributed by atoms with van der Waals surface area (Å²) in [6.45, 7) is 4.09. The van der Waals surface area contributed by atoms with Crippen molar-refractivity contribution in [1.82, 2.24) is 14.8 Å². The summed E-state index contributed by atoms with van der Waals surface area (Å²) in [5.74, 6) is 2.86. The zero-order chi connectivity index (χ0) is 20.8. The summed E-state index contributed by atoms with van der Waals surface area (Å²) >= 11 is 6.66. The van der Waals surface area contributed by atoms with E-state index in [9.17, 15) is 4.79 Å². The van der Waals surface area contributed by atoms with Crippen molar-refractivity contribution in [2.45, 2.75) is 30.5 Å². The first-order valence-electron chi connectivity index (χ1n) is 9.12. The highest BCUT2D eigenvalue weighted by Gasteiger charge is 2.12. The normalized spacial score (nSPS) is 10.9. The molecule has 0 aliphatic rings. The zero-order valence-electron chi connectivity index (χ0n) is 16.6. The predicted molar refractivity (Wildman–Crippen MR) is 125 cm³/mol. The molecule has 2 aromatic carbocycles. The molecule has 29 heavy (non-hydrogen) atoms. The van der Waals surface area contributed by atoms with Crippen LogP contribution in [0.25, 0.3) is 0 Å². The molecule has 0 unspecified atom stereocenters. The number of nitrogens with one attached hydrogen (secondary N) is 1. The van der Waals surface area contributed by atoms with Crippen LogP contribution in [0.2, 0.25) is 0 Å². The molecule has 0 saturated heterocycles. The quantitative estimate of drug-likeness (QED) is 0.430. The van der Waals surface area contributed by atoms with E-state index in [2.05, 4.69) is 62.6 Å². The lowest BCUT2D eigenvalue weighted by Gasteiger charge is -2.07. The van der Waals surface area contributed by atoms with Gasteiger partial charge in [-0.25, -0.2) is 0 Å². The molecular formula is C21H23BrN4OS2. The summed E-state index contributed by atoms with van der Waals surface area (Å²) < 4.78 is 2.99. The average Bonchev–Trinajstić information content (AvgIpc) is 3.04. The number of rotatable bonds is 8. The summed E-state index contributed by atoms with van der Waals surface area (Å²) in [4.78, 5) is 12.2. The minimum atomic E-state index is -0.0602. The predicted octanol–water partition coefficient (Wildman–Crippen LogP) is 5.36. The number of thioether (sulfide) groups is 2. The Hall–Kier alpha value is -1.77. The average molecular weight is 491 g/mol. The van der Waals surface area contributed by atoms with Crippen molar-refractivity contribution >= 4 is 51.0 Å². The second-order valence-corrected chi connectivity index (χ2v) is 9.52. The maximum absolute atomic E-state index is 12.2. The Morgan fingerprint density at radius 2 is 1.86 bits per heavy atom. The van der Waals surface area contributed by atoms with Crippen LogP contribution >= 0.6 is 39.5 Å². The van der Waals surface area contributed by atoms with Gasteiger partial charge < -0.3 is 9.88 Å². The van der Waals surface area contributed by atoms with Gasteiger partial charge in [-0.3, -0.25) is 4.79 Å². The fourth-order valence-electron chi connectivity index (χ4n) is 2.59. The van der Waals surface area contributed by atoms with Gasteiger partial charge in [0.1, 0.15) is 5.82 Å². The zero-order valence-corrected chi connectivity index (χ0v) is 19.8. The van der Waals surface area contributed by atoms with Crippen molar-refractivity contribution in [3.63, 3.8) is 0 Å². The minimum absolute atomic E-state index is 0.0602. The van der Waals surface area contributed by atoms with E-state index in [1.165, 1.54) is 22.9 Å². The van der Waals surface area contributed by atoms with Gasteiger partial charge in [0, 0.05) is 23.0 Å². The molecule has 1 heterocycles. The molecule has 1 aromatic heterocycles. The van der Waals surface area contributed by atoms with Crippen LogP contribution in [-0.2, 0) is 23.3 Å². The van der Waals surface area contributed by atoms with E-state index in [-0.39, 0.29) is 11.7 Å². The summed E-state index contributed by atoms with van der Waals surface area (Å²) in [7, 11) is 1.94. The van der Waals surface area contributed by atoms with Crippen molar-refractivity contribution in [3.05, 3.63) is 69.5 Å². The van der Waals surface area contributed by atoms with E-state index in [1.54, 1.807) is 11.8 Å². The number of carbonyl (C=O) groups is 1. The number of aromatic nitrogens is 3. The first kappa shape index (κ1) is 21.9. The van der Waals surface area contributed by atoms with Gasteiger partial charge in [0.15, 0.2) is 5.16 Å². The molecule has 3 aromatic rings. The smallest absolute Gasteiger partial charge is 0.234 e. The number of anilines is 1. The second kappa shape index (κ2) is 10.3. The van der Waals surface area contributed by atoms with Crippen LogP contribution in [-0.4, -0.2) is 26.4 Å². The topological polar surface area (TPSA) is 59.8 Å². The Morgan fingerprint density at radius 3 is 2.59 bits per heavy atom. The molecule has 0 atom stereocenters. The van der Waals surface area contributed by atoms with E-state index >= 15 is 0 Å². The van der Waals surface area contributed by atoms with Crippen molar-refractivity contribution < 1.29 is 4.79 Å². The van der Waals surface area contributed by atoms with E-state index in [0.717, 1.165) is 38.2 Å². The fourth-order valence-corrected chi connectivity index (χ4v) is 4.53. The number of halogens is 1. The molecule has 0 radical (unpaired) electrons. The van der Waals surface area contributed by atoms with Crippen LogP contribution in [0.3, 0.4) is 0 Å². The van der Waals surface area contributed by atoms with E-state index in [1.807, 2.05) is 36.7 Å². The van der Waals surface area contributed by atoms with Crippen LogP contribution in [0.4, 0.5) is 5.69 Å². The maximum atomic E-state index is 12.2. The largest absolute Gasteiger partial charge is 0.325 e. The lowest BCUT2D eigenvalue weighted by atomic mass is 10.2. The van der Waals surface area contributed by atoms with Crippen molar-refractivity contribution in [1.29, 1.82) is 0 Å². The fraction of sp³-hybridized carbons (Fsp3) is 0.286. The molecule has 0 fully saturated rings. The Labute approximate surface area is 188 Å². The molecule has 1 N–H and O–H groups in total. The highest BCUT2D eigenvalue weighted by molar-refractivity contribution is 9.10. The van der Waals surface area contributed by atoms with E-state index in [0.29, 0.717) is 0 Å². The highest BCUT2D eigenvalue weighted by atomic mass is 79.9. The minimum Gasteiger partial charge on any atom is -0.325 e. The summed E-state index contributed by atoms with van der Waals surface area (Å²) in [5.41, 5.74) is 4.45. The Morgan fingerprint density at radius 1 is 1.10 bits per heavy atom. The monoisotopic (exact) mass is 490 g/mol. The number of carbonyl (C=O) groups excluding carboxylic acids is 1. The molecule has 8 heteroatoms. The Bertz CT molecular complexity index is 989. The molecule has 0 bridgehead atoms. The number of hydrogen-bond donors (Lipinski definition) is 1. The maximum Gasteiger partial charge on any atom is 0.234 e. The SMILES string of the molecule is Cc1ccc(CSCc2nnc(SCC(=O)Nc3ccc(Br)c(C)c3)n2C)cc1. The number of amides is 1. The lowest BCUT2D eigenvalue weighted by Crippen LogP contribution is -2.14. The highest BCUT2D eigenvalue weighted by Crippen LogP contribution is 2.22. The third kappa shape index (κ3) is 6.35. The summed E-state index contributed by atoms with van der Waals surface area (Å²) in [6.07, 6.45) is 0. The van der Waals surface area contributed by atoms with Gasteiger partial charge in [-0.1, -0.05) is 57.5 Å². The number of nitrogens with zero attached hydrogens (tertiary/aromatic N) is 3. The standard InChI is InChI=1S/C21H23BrN4OS2/c1-14-4-6-16(7-5-14)11-28-12-19-24-25-21(26(19)3)29-13-20(27)23-17-8-9-18(22)15(2)10-17/h4-10H,11-13H2,1-3H3,(H,23,27). The third-order valence-electron chi connectivity index (χ3n) is 4.32. The van der Waals surface area contributed by atoms with Gasteiger partial charge in [0.05, 0.1) is 11.5 Å². The van der Waals surface area contributed by atoms with Gasteiger partial charge >= 0.3 is 0 Å². The summed E-state index contributed by atoms with van der Waals surface area (Å²) in [6, 6.07) is 14.3. The Kier molecular flexibility index (Phi) is 7.80. The molecule has 0 aliphatic heterocycles.